The van der Waals surface area contributed by atoms with Crippen LogP contribution in [-0.2, 0) is 10.0 Å². The maximum absolute atomic E-state index is 11.9. The van der Waals surface area contributed by atoms with E-state index >= 15 is 0 Å². The number of nitrogens with one attached hydrogen (secondary N) is 2. The van der Waals surface area contributed by atoms with E-state index in [1.54, 1.807) is 0 Å². The van der Waals surface area contributed by atoms with Gasteiger partial charge >= 0.3 is 5.76 Å². The van der Waals surface area contributed by atoms with Crippen molar-refractivity contribution in [1.29, 1.82) is 0 Å². The van der Waals surface area contributed by atoms with Crippen LogP contribution in [0.5, 0.6) is 0 Å². The Morgan fingerprint density at radius 1 is 1.46 bits per heavy atom. The molecule has 2 N–H and O–H groups in total. The van der Waals surface area contributed by atoms with E-state index in [-0.39, 0.29) is 0 Å². The Bertz CT molecular complexity index is 249. The third-order valence-electron chi connectivity index (χ3n) is 1.86. The van der Waals surface area contributed by atoms with Gasteiger partial charge in [0.15, 0.2) is 0 Å². The van der Waals surface area contributed by atoms with Gasteiger partial charge in [-0.15, -0.1) is 0 Å². The molecule has 0 spiro atoms. The largest absolute Gasteiger partial charge is 0.350 e. The lowest BCUT2D eigenvalue weighted by Gasteiger charge is -2.23. The van der Waals surface area contributed by atoms with Gasteiger partial charge in [-0.3, -0.25) is 0 Å². The maximum atomic E-state index is 11.9. The predicted molar refractivity (Wildman–Crippen MR) is 44.0 cm³/mol. The molecule has 0 aromatic carbocycles. The fraction of sp³-hybridized carbons (Fsp3) is 1.00. The molecular weight excluding hydrogens is 202 g/mol. The summed E-state index contributed by atoms with van der Waals surface area (Å²) in [6.07, 6.45) is 1.41. The van der Waals surface area contributed by atoms with Gasteiger partial charge in [0.2, 0.25) is 0 Å². The van der Waals surface area contributed by atoms with E-state index in [4.69, 9.17) is 0 Å². The molecule has 0 amide bonds. The van der Waals surface area contributed by atoms with Crippen LogP contribution in [0, 0.1) is 0 Å². The molecule has 0 radical (unpaired) electrons. The van der Waals surface area contributed by atoms with E-state index in [0.29, 0.717) is 13.0 Å². The third-order valence-corrected chi connectivity index (χ3v) is 2.99. The Kier molecular flexibility index (Phi) is 3.57. The van der Waals surface area contributed by atoms with Gasteiger partial charge in [-0.1, -0.05) is 0 Å². The Hall–Kier alpha value is -0.270. The lowest BCUT2D eigenvalue weighted by Crippen LogP contribution is -2.47. The van der Waals surface area contributed by atoms with Gasteiger partial charge < -0.3 is 5.32 Å². The van der Waals surface area contributed by atoms with Crippen LogP contribution < -0.4 is 10.0 Å². The van der Waals surface area contributed by atoms with Crippen molar-refractivity contribution < 1.29 is 17.2 Å². The molecule has 7 heteroatoms. The standard InChI is InChI=1S/C6H12F2N2O2S/c7-6(8)13(11,12)10-5-2-1-3-9-4-5/h5-6,9-10H,1-4H2/t5-/m0/s1. The molecule has 1 atom stereocenters. The van der Waals surface area contributed by atoms with Crippen LogP contribution in [0.1, 0.15) is 12.8 Å². The average molecular weight is 214 g/mol. The first kappa shape index (κ1) is 10.8. The molecule has 1 aliphatic heterocycles. The molecular formula is C6H12F2N2O2S. The number of hydrogen-bond donors (Lipinski definition) is 2. The van der Waals surface area contributed by atoms with Crippen molar-refractivity contribution in [3.8, 4) is 0 Å². The Labute approximate surface area is 75.7 Å². The van der Waals surface area contributed by atoms with Crippen molar-refractivity contribution >= 4 is 10.0 Å². The van der Waals surface area contributed by atoms with Crippen LogP contribution in [0.25, 0.3) is 0 Å². The summed E-state index contributed by atoms with van der Waals surface area (Å²) in [5.41, 5.74) is 0. The number of alkyl halides is 2. The molecule has 0 bridgehead atoms. The summed E-state index contributed by atoms with van der Waals surface area (Å²) in [5, 5.41) is 2.92. The van der Waals surface area contributed by atoms with Crippen LogP contribution in [0.15, 0.2) is 0 Å². The van der Waals surface area contributed by atoms with E-state index < -0.39 is 21.8 Å². The minimum Gasteiger partial charge on any atom is -0.315 e. The number of sulfonamides is 1. The molecule has 0 saturated carbocycles. The topological polar surface area (TPSA) is 58.2 Å². The van der Waals surface area contributed by atoms with Crippen molar-refractivity contribution in [3.05, 3.63) is 0 Å². The van der Waals surface area contributed by atoms with Crippen molar-refractivity contribution in [1.82, 2.24) is 10.0 Å². The van der Waals surface area contributed by atoms with E-state index in [9.17, 15) is 17.2 Å². The molecule has 1 aliphatic rings. The van der Waals surface area contributed by atoms with Gasteiger partial charge in [0.1, 0.15) is 0 Å². The fourth-order valence-corrected chi connectivity index (χ4v) is 2.00. The second-order valence-corrected chi connectivity index (χ2v) is 4.65. The number of halogens is 2. The lowest BCUT2D eigenvalue weighted by atomic mass is 10.1. The van der Waals surface area contributed by atoms with Crippen molar-refractivity contribution in [2.75, 3.05) is 13.1 Å². The highest BCUT2D eigenvalue weighted by Gasteiger charge is 2.27. The minimum absolute atomic E-state index is 0.396. The second-order valence-electron chi connectivity index (χ2n) is 2.97. The van der Waals surface area contributed by atoms with Crippen molar-refractivity contribution in [3.63, 3.8) is 0 Å². The molecule has 4 nitrogen and oxygen atoms in total. The van der Waals surface area contributed by atoms with E-state index in [1.807, 2.05) is 4.72 Å². The molecule has 0 aliphatic carbocycles. The quantitative estimate of drug-likeness (QED) is 0.688. The van der Waals surface area contributed by atoms with Gasteiger partial charge in [-0.05, 0) is 19.4 Å². The maximum Gasteiger partial charge on any atom is 0.350 e. The molecule has 78 valence electrons. The number of rotatable bonds is 3. The van der Waals surface area contributed by atoms with Crippen molar-refractivity contribution in [2.45, 2.75) is 24.6 Å². The first-order chi connectivity index (χ1) is 6.02. The zero-order chi connectivity index (χ0) is 9.90. The molecule has 1 fully saturated rings. The van der Waals surface area contributed by atoms with E-state index in [2.05, 4.69) is 5.32 Å². The SMILES string of the molecule is O=S(=O)(N[C@H]1CCCNC1)C(F)F. The van der Waals surface area contributed by atoms with Crippen molar-refractivity contribution in [2.24, 2.45) is 0 Å². The highest BCUT2D eigenvalue weighted by molar-refractivity contribution is 7.89. The molecule has 1 heterocycles. The van der Waals surface area contributed by atoms with Crippen LogP contribution in [0.4, 0.5) is 8.78 Å². The van der Waals surface area contributed by atoms with Crippen LogP contribution in [0.2, 0.25) is 0 Å². The Balaban J connectivity index is 2.47. The minimum atomic E-state index is -4.42. The molecule has 0 aromatic heterocycles. The monoisotopic (exact) mass is 214 g/mol. The average Bonchev–Trinajstić information content (AvgIpc) is 2.05. The predicted octanol–water partition coefficient (Wildman–Crippen LogP) is -0.120. The number of piperidine rings is 1. The molecule has 0 unspecified atom stereocenters. The van der Waals surface area contributed by atoms with Crippen LogP contribution in [-0.4, -0.2) is 33.3 Å². The third kappa shape index (κ3) is 3.17. The summed E-state index contributed by atoms with van der Waals surface area (Å²) < 4.78 is 47.2. The van der Waals surface area contributed by atoms with Gasteiger partial charge in [-0.25, -0.2) is 13.1 Å². The van der Waals surface area contributed by atoms with Crippen LogP contribution in [0.3, 0.4) is 0 Å². The Morgan fingerprint density at radius 2 is 2.15 bits per heavy atom. The van der Waals surface area contributed by atoms with E-state index in [1.165, 1.54) is 0 Å². The van der Waals surface area contributed by atoms with Crippen LogP contribution >= 0.6 is 0 Å². The van der Waals surface area contributed by atoms with E-state index in [0.717, 1.165) is 13.0 Å². The summed E-state index contributed by atoms with van der Waals surface area (Å²) in [6.45, 7) is 1.23. The summed E-state index contributed by atoms with van der Waals surface area (Å²) in [4.78, 5) is 0. The highest BCUT2D eigenvalue weighted by Crippen LogP contribution is 2.07. The molecule has 1 rings (SSSR count). The van der Waals surface area contributed by atoms with Gasteiger partial charge in [0.05, 0.1) is 0 Å². The van der Waals surface area contributed by atoms with Gasteiger partial charge in [0, 0.05) is 12.6 Å². The zero-order valence-corrected chi connectivity index (χ0v) is 7.78. The summed E-state index contributed by atoms with van der Waals surface area (Å²) in [6, 6.07) is -0.396. The van der Waals surface area contributed by atoms with Gasteiger partial charge in [0.25, 0.3) is 10.0 Å². The highest BCUT2D eigenvalue weighted by atomic mass is 32.2. The molecule has 1 saturated heterocycles. The Morgan fingerprint density at radius 3 is 2.62 bits per heavy atom. The first-order valence-electron chi connectivity index (χ1n) is 4.02. The molecule has 13 heavy (non-hydrogen) atoms. The molecule has 0 aromatic rings. The summed E-state index contributed by atoms with van der Waals surface area (Å²) >= 11 is 0. The van der Waals surface area contributed by atoms with Gasteiger partial charge in [-0.2, -0.15) is 8.78 Å². The fourth-order valence-electron chi connectivity index (χ4n) is 1.24. The summed E-state index contributed by atoms with van der Waals surface area (Å²) in [7, 11) is -4.42. The lowest BCUT2D eigenvalue weighted by molar-refractivity contribution is 0.230. The first-order valence-corrected chi connectivity index (χ1v) is 5.57. The summed E-state index contributed by atoms with van der Waals surface area (Å²) in [5.74, 6) is -3.34. The second kappa shape index (κ2) is 4.30. The smallest absolute Gasteiger partial charge is 0.315 e. The zero-order valence-electron chi connectivity index (χ0n) is 6.96. The normalized spacial score (nSPS) is 25.0. The number of hydrogen-bond acceptors (Lipinski definition) is 3.